The Bertz CT molecular complexity index is 461. The fourth-order valence-electron chi connectivity index (χ4n) is 2.55. The molecule has 1 unspecified atom stereocenters. The molecular formula is C15H20FN3. The quantitative estimate of drug-likeness (QED) is 0.883. The molecule has 1 atom stereocenters. The summed E-state index contributed by atoms with van der Waals surface area (Å²) in [5, 5.41) is 12.1. The van der Waals surface area contributed by atoms with E-state index in [-0.39, 0.29) is 5.82 Å². The lowest BCUT2D eigenvalue weighted by Gasteiger charge is -2.24. The van der Waals surface area contributed by atoms with Crippen molar-refractivity contribution < 1.29 is 4.39 Å². The second-order valence-electron chi connectivity index (χ2n) is 5.18. The zero-order chi connectivity index (χ0) is 13.7. The van der Waals surface area contributed by atoms with E-state index in [4.69, 9.17) is 5.26 Å². The predicted octanol–water partition coefficient (Wildman–Crippen LogP) is 2.27. The Labute approximate surface area is 114 Å². The molecule has 0 bridgehead atoms. The molecule has 1 aliphatic rings. The first-order valence-corrected chi connectivity index (χ1v) is 6.83. The Balaban J connectivity index is 1.82. The molecule has 0 radical (unpaired) electrons. The third-order valence-electron chi connectivity index (χ3n) is 3.62. The normalized spacial score (nSPS) is 17.3. The van der Waals surface area contributed by atoms with Crippen molar-refractivity contribution in [2.75, 3.05) is 19.6 Å². The van der Waals surface area contributed by atoms with Gasteiger partial charge in [-0.1, -0.05) is 0 Å². The first-order chi connectivity index (χ1) is 9.19. The van der Waals surface area contributed by atoms with E-state index in [9.17, 15) is 4.39 Å². The number of halogens is 1. The smallest absolute Gasteiger partial charge is 0.124 e. The van der Waals surface area contributed by atoms with Gasteiger partial charge in [0.05, 0.1) is 11.6 Å². The maximum Gasteiger partial charge on any atom is 0.124 e. The summed E-state index contributed by atoms with van der Waals surface area (Å²) in [7, 11) is 0. The lowest BCUT2D eigenvalue weighted by atomic mass is 10.1. The minimum Gasteiger partial charge on any atom is -0.311 e. The van der Waals surface area contributed by atoms with Gasteiger partial charge in [-0.15, -0.1) is 0 Å². The van der Waals surface area contributed by atoms with Crippen molar-refractivity contribution in [3.8, 4) is 6.07 Å². The molecule has 19 heavy (non-hydrogen) atoms. The van der Waals surface area contributed by atoms with Crippen LogP contribution in [-0.2, 0) is 6.54 Å². The summed E-state index contributed by atoms with van der Waals surface area (Å²) in [4.78, 5) is 2.47. The number of nitrogens with zero attached hydrogens (tertiary/aromatic N) is 2. The second kappa shape index (κ2) is 6.65. The average Bonchev–Trinajstić information content (AvgIpc) is 2.92. The van der Waals surface area contributed by atoms with Gasteiger partial charge in [0.25, 0.3) is 0 Å². The van der Waals surface area contributed by atoms with Crippen LogP contribution < -0.4 is 5.32 Å². The second-order valence-corrected chi connectivity index (χ2v) is 5.18. The van der Waals surface area contributed by atoms with Gasteiger partial charge in [0.15, 0.2) is 0 Å². The number of hydrogen-bond donors (Lipinski definition) is 1. The number of benzene rings is 1. The van der Waals surface area contributed by atoms with Crippen LogP contribution in [0.15, 0.2) is 18.2 Å². The largest absolute Gasteiger partial charge is 0.311 e. The van der Waals surface area contributed by atoms with Crippen LogP contribution in [0.3, 0.4) is 0 Å². The lowest BCUT2D eigenvalue weighted by Crippen LogP contribution is -2.38. The summed E-state index contributed by atoms with van der Waals surface area (Å²) < 4.78 is 13.3. The SMILES string of the molecule is CC(CNCc1cc(F)cc(C#N)c1)N1CCCC1. The fraction of sp³-hybridized carbons (Fsp3) is 0.533. The standard InChI is InChI=1S/C15H20FN3/c1-12(19-4-2-3-5-19)10-18-11-14-6-13(9-17)7-15(16)8-14/h6-8,12,18H,2-5,10-11H2,1H3. The summed E-state index contributed by atoms with van der Waals surface area (Å²) >= 11 is 0. The molecule has 0 saturated carbocycles. The highest BCUT2D eigenvalue weighted by molar-refractivity contribution is 5.33. The van der Waals surface area contributed by atoms with E-state index in [1.807, 2.05) is 6.07 Å². The van der Waals surface area contributed by atoms with Crippen molar-refractivity contribution in [3.63, 3.8) is 0 Å². The molecule has 0 aliphatic carbocycles. The van der Waals surface area contributed by atoms with E-state index >= 15 is 0 Å². The first-order valence-electron chi connectivity index (χ1n) is 6.83. The number of nitrogens with one attached hydrogen (secondary N) is 1. The summed E-state index contributed by atoms with van der Waals surface area (Å²) in [6.07, 6.45) is 2.58. The van der Waals surface area contributed by atoms with Crippen LogP contribution in [0, 0.1) is 17.1 Å². The van der Waals surface area contributed by atoms with Gasteiger partial charge in [-0.05, 0) is 56.6 Å². The van der Waals surface area contributed by atoms with Gasteiger partial charge in [-0.2, -0.15) is 5.26 Å². The molecule has 1 aromatic rings. The molecule has 0 spiro atoms. The molecule has 4 heteroatoms. The van der Waals surface area contributed by atoms with Gasteiger partial charge in [0.1, 0.15) is 5.82 Å². The van der Waals surface area contributed by atoms with Gasteiger partial charge in [-0.3, -0.25) is 4.90 Å². The molecule has 102 valence electrons. The number of hydrogen-bond acceptors (Lipinski definition) is 3. The van der Waals surface area contributed by atoms with Crippen LogP contribution in [0.4, 0.5) is 4.39 Å². The summed E-state index contributed by atoms with van der Waals surface area (Å²) in [5.41, 5.74) is 1.20. The molecule has 1 N–H and O–H groups in total. The Morgan fingerprint density at radius 1 is 1.37 bits per heavy atom. The van der Waals surface area contributed by atoms with Crippen molar-refractivity contribution in [2.24, 2.45) is 0 Å². The van der Waals surface area contributed by atoms with Crippen LogP contribution in [0.1, 0.15) is 30.9 Å². The minimum absolute atomic E-state index is 0.344. The molecule has 1 aromatic carbocycles. The van der Waals surface area contributed by atoms with E-state index in [0.717, 1.165) is 12.1 Å². The number of nitriles is 1. The minimum atomic E-state index is -0.344. The van der Waals surface area contributed by atoms with E-state index in [1.54, 1.807) is 6.07 Å². The van der Waals surface area contributed by atoms with Crippen LogP contribution in [-0.4, -0.2) is 30.6 Å². The molecule has 0 aromatic heterocycles. The highest BCUT2D eigenvalue weighted by Crippen LogP contribution is 2.11. The third kappa shape index (κ3) is 4.02. The maximum absolute atomic E-state index is 13.3. The molecule has 3 nitrogen and oxygen atoms in total. The Hall–Kier alpha value is -1.44. The van der Waals surface area contributed by atoms with Gasteiger partial charge in [0.2, 0.25) is 0 Å². The van der Waals surface area contributed by atoms with E-state index in [2.05, 4.69) is 17.1 Å². The van der Waals surface area contributed by atoms with Gasteiger partial charge < -0.3 is 5.32 Å². The highest BCUT2D eigenvalue weighted by atomic mass is 19.1. The van der Waals surface area contributed by atoms with Crippen LogP contribution >= 0.6 is 0 Å². The molecule has 0 amide bonds. The van der Waals surface area contributed by atoms with Crippen molar-refractivity contribution in [3.05, 3.63) is 35.1 Å². The number of rotatable bonds is 5. The molecule has 1 aliphatic heterocycles. The van der Waals surface area contributed by atoms with Gasteiger partial charge in [-0.25, -0.2) is 4.39 Å². The molecule has 1 saturated heterocycles. The Morgan fingerprint density at radius 2 is 2.11 bits per heavy atom. The first kappa shape index (κ1) is 14.0. The zero-order valence-electron chi connectivity index (χ0n) is 11.3. The maximum atomic E-state index is 13.3. The highest BCUT2D eigenvalue weighted by Gasteiger charge is 2.17. The van der Waals surface area contributed by atoms with E-state index in [1.165, 1.54) is 38.1 Å². The monoisotopic (exact) mass is 261 g/mol. The van der Waals surface area contributed by atoms with Crippen LogP contribution in [0.25, 0.3) is 0 Å². The predicted molar refractivity (Wildman–Crippen MR) is 73.1 cm³/mol. The zero-order valence-corrected chi connectivity index (χ0v) is 11.3. The van der Waals surface area contributed by atoms with E-state index in [0.29, 0.717) is 18.2 Å². The van der Waals surface area contributed by atoms with E-state index < -0.39 is 0 Å². The summed E-state index contributed by atoms with van der Waals surface area (Å²) in [6, 6.07) is 6.96. The topological polar surface area (TPSA) is 39.1 Å². The Morgan fingerprint density at radius 3 is 2.79 bits per heavy atom. The van der Waals surface area contributed by atoms with Crippen molar-refractivity contribution >= 4 is 0 Å². The fourth-order valence-corrected chi connectivity index (χ4v) is 2.55. The summed E-state index contributed by atoms with van der Waals surface area (Å²) in [5.74, 6) is -0.344. The molecule has 1 fully saturated rings. The molecule has 2 rings (SSSR count). The average molecular weight is 261 g/mol. The molecular weight excluding hydrogens is 241 g/mol. The van der Waals surface area contributed by atoms with Gasteiger partial charge in [0, 0.05) is 19.1 Å². The summed E-state index contributed by atoms with van der Waals surface area (Å²) in [6.45, 7) is 6.07. The number of likely N-dealkylation sites (tertiary alicyclic amines) is 1. The van der Waals surface area contributed by atoms with Crippen LogP contribution in [0.2, 0.25) is 0 Å². The lowest BCUT2D eigenvalue weighted by molar-refractivity contribution is 0.251. The van der Waals surface area contributed by atoms with Crippen LogP contribution in [0.5, 0.6) is 0 Å². The third-order valence-corrected chi connectivity index (χ3v) is 3.62. The van der Waals surface area contributed by atoms with Crippen molar-refractivity contribution in [2.45, 2.75) is 32.4 Å². The van der Waals surface area contributed by atoms with Crippen molar-refractivity contribution in [1.82, 2.24) is 10.2 Å². The Kier molecular flexibility index (Phi) is 4.89. The molecule has 1 heterocycles. The van der Waals surface area contributed by atoms with Crippen molar-refractivity contribution in [1.29, 1.82) is 5.26 Å². The van der Waals surface area contributed by atoms with Gasteiger partial charge >= 0.3 is 0 Å².